The van der Waals surface area contributed by atoms with Crippen LogP contribution in [0.25, 0.3) is 0 Å². The molecule has 2 heterocycles. The van der Waals surface area contributed by atoms with Crippen molar-refractivity contribution in [1.29, 1.82) is 0 Å². The SMILES string of the molecule is CC1CCN(CCCCNC(=O)CC(C)C2CCCNC2)CC1. The lowest BCUT2D eigenvalue weighted by atomic mass is 9.85. The second-order valence-electron chi connectivity index (χ2n) is 7.87. The first-order chi connectivity index (χ1) is 11.1. The fourth-order valence-corrected chi connectivity index (χ4v) is 3.87. The summed E-state index contributed by atoms with van der Waals surface area (Å²) in [5.41, 5.74) is 0. The quantitative estimate of drug-likeness (QED) is 0.675. The van der Waals surface area contributed by atoms with Gasteiger partial charge in [-0.25, -0.2) is 0 Å². The lowest BCUT2D eigenvalue weighted by molar-refractivity contribution is -0.122. The lowest BCUT2D eigenvalue weighted by Crippen LogP contribution is -2.36. The second kappa shape index (κ2) is 10.3. The van der Waals surface area contributed by atoms with Gasteiger partial charge in [0.2, 0.25) is 5.91 Å². The molecule has 0 aliphatic carbocycles. The van der Waals surface area contributed by atoms with Gasteiger partial charge in [-0.1, -0.05) is 13.8 Å². The Morgan fingerprint density at radius 3 is 2.74 bits per heavy atom. The maximum absolute atomic E-state index is 12.1. The highest BCUT2D eigenvalue weighted by Gasteiger charge is 2.21. The molecule has 0 spiro atoms. The third kappa shape index (κ3) is 7.21. The molecular formula is C19H37N3O. The van der Waals surface area contributed by atoms with E-state index in [1.165, 1.54) is 51.7 Å². The van der Waals surface area contributed by atoms with Gasteiger partial charge in [0.05, 0.1) is 0 Å². The van der Waals surface area contributed by atoms with Crippen molar-refractivity contribution >= 4 is 5.91 Å². The van der Waals surface area contributed by atoms with Crippen molar-refractivity contribution in [2.24, 2.45) is 17.8 Å². The zero-order valence-electron chi connectivity index (χ0n) is 15.3. The van der Waals surface area contributed by atoms with Gasteiger partial charge < -0.3 is 15.5 Å². The predicted octanol–water partition coefficient (Wildman–Crippen LogP) is 2.64. The summed E-state index contributed by atoms with van der Waals surface area (Å²) < 4.78 is 0. The predicted molar refractivity (Wildman–Crippen MR) is 96.5 cm³/mol. The van der Waals surface area contributed by atoms with Crippen LogP contribution in [-0.4, -0.2) is 50.1 Å². The number of rotatable bonds is 8. The fourth-order valence-electron chi connectivity index (χ4n) is 3.87. The Morgan fingerprint density at radius 2 is 2.04 bits per heavy atom. The molecule has 0 radical (unpaired) electrons. The Bertz CT molecular complexity index is 334. The van der Waals surface area contributed by atoms with Crippen molar-refractivity contribution in [3.63, 3.8) is 0 Å². The van der Waals surface area contributed by atoms with Gasteiger partial charge in [-0.3, -0.25) is 4.79 Å². The van der Waals surface area contributed by atoms with Crippen LogP contribution in [0.5, 0.6) is 0 Å². The smallest absolute Gasteiger partial charge is 0.220 e. The van der Waals surface area contributed by atoms with E-state index in [-0.39, 0.29) is 5.91 Å². The van der Waals surface area contributed by atoms with Gasteiger partial charge >= 0.3 is 0 Å². The molecule has 4 nitrogen and oxygen atoms in total. The first kappa shape index (κ1) is 18.7. The van der Waals surface area contributed by atoms with E-state index in [1.54, 1.807) is 0 Å². The molecule has 1 amide bonds. The first-order valence-electron chi connectivity index (χ1n) is 9.85. The molecule has 0 aromatic rings. The fraction of sp³-hybridized carbons (Fsp3) is 0.947. The zero-order valence-corrected chi connectivity index (χ0v) is 15.3. The van der Waals surface area contributed by atoms with Gasteiger partial charge in [-0.05, 0) is 89.0 Å². The number of piperidine rings is 2. The average Bonchev–Trinajstić information content (AvgIpc) is 2.57. The van der Waals surface area contributed by atoms with Crippen LogP contribution in [0.2, 0.25) is 0 Å². The molecule has 0 aromatic heterocycles. The van der Waals surface area contributed by atoms with Crippen LogP contribution < -0.4 is 10.6 Å². The van der Waals surface area contributed by atoms with Gasteiger partial charge in [0.25, 0.3) is 0 Å². The largest absolute Gasteiger partial charge is 0.356 e. The molecule has 2 fully saturated rings. The van der Waals surface area contributed by atoms with Gasteiger partial charge in [0.1, 0.15) is 0 Å². The zero-order chi connectivity index (χ0) is 16.5. The minimum Gasteiger partial charge on any atom is -0.356 e. The number of carbonyl (C=O) groups is 1. The molecule has 2 N–H and O–H groups in total. The number of hydrogen-bond donors (Lipinski definition) is 2. The Kier molecular flexibility index (Phi) is 8.38. The van der Waals surface area contributed by atoms with Crippen molar-refractivity contribution < 1.29 is 4.79 Å². The maximum atomic E-state index is 12.1. The highest BCUT2D eigenvalue weighted by Crippen LogP contribution is 2.22. The van der Waals surface area contributed by atoms with Gasteiger partial charge in [0, 0.05) is 13.0 Å². The van der Waals surface area contributed by atoms with E-state index in [2.05, 4.69) is 29.4 Å². The van der Waals surface area contributed by atoms with Gasteiger partial charge in [0.15, 0.2) is 0 Å². The minimum absolute atomic E-state index is 0.245. The van der Waals surface area contributed by atoms with Crippen LogP contribution in [0.1, 0.15) is 58.8 Å². The number of likely N-dealkylation sites (tertiary alicyclic amines) is 1. The van der Waals surface area contributed by atoms with Crippen LogP contribution in [0.3, 0.4) is 0 Å². The highest BCUT2D eigenvalue weighted by atomic mass is 16.1. The van der Waals surface area contributed by atoms with Crippen LogP contribution in [0.15, 0.2) is 0 Å². The van der Waals surface area contributed by atoms with Crippen LogP contribution in [0, 0.1) is 17.8 Å². The van der Waals surface area contributed by atoms with E-state index in [0.717, 1.165) is 32.0 Å². The highest BCUT2D eigenvalue weighted by molar-refractivity contribution is 5.76. The average molecular weight is 324 g/mol. The summed E-state index contributed by atoms with van der Waals surface area (Å²) >= 11 is 0. The summed E-state index contributed by atoms with van der Waals surface area (Å²) in [5, 5.41) is 6.57. The minimum atomic E-state index is 0.245. The molecule has 2 atom stereocenters. The third-order valence-corrected chi connectivity index (χ3v) is 5.75. The molecular weight excluding hydrogens is 286 g/mol. The Labute approximate surface area is 142 Å². The van der Waals surface area contributed by atoms with Crippen LogP contribution in [-0.2, 0) is 4.79 Å². The van der Waals surface area contributed by atoms with E-state index >= 15 is 0 Å². The molecule has 0 bridgehead atoms. The van der Waals surface area contributed by atoms with Crippen molar-refractivity contribution in [2.75, 3.05) is 39.3 Å². The van der Waals surface area contributed by atoms with E-state index in [9.17, 15) is 4.79 Å². The maximum Gasteiger partial charge on any atom is 0.220 e. The summed E-state index contributed by atoms with van der Waals surface area (Å²) in [5.74, 6) is 2.33. The standard InChI is InChI=1S/C19H37N3O/c1-16-7-12-22(13-8-16)11-4-3-10-21-19(23)14-17(2)18-6-5-9-20-15-18/h16-18,20H,3-15H2,1-2H3,(H,21,23). The summed E-state index contributed by atoms with van der Waals surface area (Å²) in [6.07, 6.45) is 8.24. The molecule has 0 aromatic carbocycles. The number of hydrogen-bond acceptors (Lipinski definition) is 3. The number of carbonyl (C=O) groups excluding carboxylic acids is 1. The summed E-state index contributed by atoms with van der Waals surface area (Å²) in [7, 11) is 0. The second-order valence-corrected chi connectivity index (χ2v) is 7.87. The van der Waals surface area contributed by atoms with E-state index in [4.69, 9.17) is 0 Å². The number of nitrogens with one attached hydrogen (secondary N) is 2. The monoisotopic (exact) mass is 323 g/mol. The number of nitrogens with zero attached hydrogens (tertiary/aromatic N) is 1. The molecule has 2 rings (SSSR count). The summed E-state index contributed by atoms with van der Waals surface area (Å²) in [6, 6.07) is 0. The third-order valence-electron chi connectivity index (χ3n) is 5.75. The summed E-state index contributed by atoms with van der Waals surface area (Å²) in [6.45, 7) is 11.4. The van der Waals surface area contributed by atoms with Gasteiger partial charge in [-0.2, -0.15) is 0 Å². The molecule has 2 unspecified atom stereocenters. The van der Waals surface area contributed by atoms with E-state index < -0.39 is 0 Å². The Hall–Kier alpha value is -0.610. The van der Waals surface area contributed by atoms with E-state index in [0.29, 0.717) is 18.3 Å². The van der Waals surface area contributed by atoms with E-state index in [1.807, 2.05) is 0 Å². The Balaban J connectivity index is 1.48. The Morgan fingerprint density at radius 1 is 1.26 bits per heavy atom. The van der Waals surface area contributed by atoms with Crippen LogP contribution in [0.4, 0.5) is 0 Å². The molecule has 2 saturated heterocycles. The lowest BCUT2D eigenvalue weighted by Gasteiger charge is -2.30. The first-order valence-corrected chi connectivity index (χ1v) is 9.85. The van der Waals surface area contributed by atoms with Crippen LogP contribution >= 0.6 is 0 Å². The molecule has 2 aliphatic rings. The molecule has 23 heavy (non-hydrogen) atoms. The molecule has 2 aliphatic heterocycles. The molecule has 0 saturated carbocycles. The van der Waals surface area contributed by atoms with Crippen molar-refractivity contribution in [2.45, 2.75) is 58.8 Å². The van der Waals surface area contributed by atoms with Gasteiger partial charge in [-0.15, -0.1) is 0 Å². The number of amides is 1. The van der Waals surface area contributed by atoms with Crippen molar-refractivity contribution in [3.05, 3.63) is 0 Å². The number of unbranched alkanes of at least 4 members (excludes halogenated alkanes) is 1. The molecule has 134 valence electrons. The molecule has 4 heteroatoms. The normalized spacial score (nSPS) is 25.2. The van der Waals surface area contributed by atoms with Crippen molar-refractivity contribution in [1.82, 2.24) is 15.5 Å². The topological polar surface area (TPSA) is 44.4 Å². The summed E-state index contributed by atoms with van der Waals surface area (Å²) in [4.78, 5) is 14.6. The van der Waals surface area contributed by atoms with Crippen molar-refractivity contribution in [3.8, 4) is 0 Å².